The third-order valence-corrected chi connectivity index (χ3v) is 4.26. The second kappa shape index (κ2) is 5.97. The van der Waals surface area contributed by atoms with E-state index in [2.05, 4.69) is 16.9 Å². The normalized spacial score (nSPS) is 25.6. The molecule has 0 bridgehead atoms. The number of nitrogens with two attached hydrogens (primary N) is 1. The SMILES string of the molecule is COC(=O)c1c(C)nc(C2(OC)CCCC(C)C2)nc1N. The summed E-state index contributed by atoms with van der Waals surface area (Å²) in [6, 6.07) is 0. The lowest BCUT2D eigenvalue weighted by molar-refractivity contribution is -0.0646. The fraction of sp³-hybridized carbons (Fsp3) is 0.667. The summed E-state index contributed by atoms with van der Waals surface area (Å²) in [7, 11) is 3.00. The van der Waals surface area contributed by atoms with Gasteiger partial charge in [-0.15, -0.1) is 0 Å². The standard InChI is InChI=1S/C15H23N3O3/c1-9-6-5-7-15(8-9,21-4)14-17-10(2)11(12(16)18-14)13(19)20-3/h9H,5-8H2,1-4H3,(H2,16,17,18). The molecule has 21 heavy (non-hydrogen) atoms. The average molecular weight is 293 g/mol. The Morgan fingerprint density at radius 1 is 1.38 bits per heavy atom. The minimum absolute atomic E-state index is 0.152. The van der Waals surface area contributed by atoms with Crippen LogP contribution < -0.4 is 5.73 Å². The van der Waals surface area contributed by atoms with Crippen molar-refractivity contribution in [1.82, 2.24) is 9.97 Å². The first-order valence-electron chi connectivity index (χ1n) is 7.21. The van der Waals surface area contributed by atoms with Gasteiger partial charge in [0.25, 0.3) is 0 Å². The molecular formula is C15H23N3O3. The fourth-order valence-corrected chi connectivity index (χ4v) is 3.14. The number of hydrogen-bond donors (Lipinski definition) is 1. The van der Waals surface area contributed by atoms with E-state index in [0.717, 1.165) is 19.3 Å². The highest BCUT2D eigenvalue weighted by Gasteiger charge is 2.40. The molecule has 2 atom stereocenters. The van der Waals surface area contributed by atoms with E-state index in [1.807, 2.05) is 0 Å². The van der Waals surface area contributed by atoms with Crippen LogP contribution in [-0.4, -0.2) is 30.2 Å². The van der Waals surface area contributed by atoms with Gasteiger partial charge >= 0.3 is 5.97 Å². The van der Waals surface area contributed by atoms with Crippen LogP contribution in [0.3, 0.4) is 0 Å². The summed E-state index contributed by atoms with van der Waals surface area (Å²) in [5.74, 6) is 0.752. The summed E-state index contributed by atoms with van der Waals surface area (Å²) in [5.41, 5.74) is 6.20. The number of aryl methyl sites for hydroxylation is 1. The van der Waals surface area contributed by atoms with Crippen molar-refractivity contribution in [3.05, 3.63) is 17.1 Å². The van der Waals surface area contributed by atoms with Crippen LogP contribution in [0.15, 0.2) is 0 Å². The van der Waals surface area contributed by atoms with Gasteiger partial charge in [0, 0.05) is 7.11 Å². The highest BCUT2D eigenvalue weighted by atomic mass is 16.5. The number of carbonyl (C=O) groups excluding carboxylic acids is 1. The van der Waals surface area contributed by atoms with Crippen LogP contribution >= 0.6 is 0 Å². The zero-order chi connectivity index (χ0) is 15.6. The topological polar surface area (TPSA) is 87.3 Å². The lowest BCUT2D eigenvalue weighted by Crippen LogP contribution is -2.36. The molecule has 0 radical (unpaired) electrons. The lowest BCUT2D eigenvalue weighted by Gasteiger charge is -2.37. The molecule has 0 aromatic carbocycles. The maximum absolute atomic E-state index is 11.7. The molecule has 2 rings (SSSR count). The van der Waals surface area contributed by atoms with Crippen LogP contribution in [-0.2, 0) is 15.1 Å². The van der Waals surface area contributed by atoms with Crippen LogP contribution in [0.4, 0.5) is 5.82 Å². The van der Waals surface area contributed by atoms with Gasteiger partial charge in [0.2, 0.25) is 0 Å². The summed E-state index contributed by atoms with van der Waals surface area (Å²) >= 11 is 0. The van der Waals surface area contributed by atoms with E-state index in [0.29, 0.717) is 17.4 Å². The van der Waals surface area contributed by atoms with Crippen LogP contribution in [0.25, 0.3) is 0 Å². The van der Waals surface area contributed by atoms with Gasteiger partial charge in [-0.05, 0) is 32.1 Å². The maximum atomic E-state index is 11.7. The summed E-state index contributed by atoms with van der Waals surface area (Å²) in [6.45, 7) is 3.94. The fourth-order valence-electron chi connectivity index (χ4n) is 3.14. The minimum Gasteiger partial charge on any atom is -0.465 e. The van der Waals surface area contributed by atoms with Crippen LogP contribution in [0.2, 0.25) is 0 Å². The van der Waals surface area contributed by atoms with Gasteiger partial charge < -0.3 is 15.2 Å². The molecule has 0 aliphatic heterocycles. The monoisotopic (exact) mass is 293 g/mol. The summed E-state index contributed by atoms with van der Waals surface area (Å²) in [4.78, 5) is 20.6. The predicted octanol–water partition coefficient (Wildman–Crippen LogP) is 2.21. The molecule has 2 unspecified atom stereocenters. The van der Waals surface area contributed by atoms with Crippen molar-refractivity contribution in [2.75, 3.05) is 20.0 Å². The number of methoxy groups -OCH3 is 2. The molecule has 0 spiro atoms. The second-order valence-electron chi connectivity index (χ2n) is 5.78. The molecule has 1 aromatic heterocycles. The van der Waals surface area contributed by atoms with E-state index in [4.69, 9.17) is 15.2 Å². The van der Waals surface area contributed by atoms with Crippen LogP contribution in [0, 0.1) is 12.8 Å². The first kappa shape index (κ1) is 15.7. The Hall–Kier alpha value is -1.69. The number of hydrogen-bond acceptors (Lipinski definition) is 6. The number of rotatable bonds is 3. The Morgan fingerprint density at radius 2 is 2.10 bits per heavy atom. The van der Waals surface area contributed by atoms with E-state index in [1.54, 1.807) is 14.0 Å². The molecule has 0 saturated heterocycles. The smallest absolute Gasteiger partial charge is 0.343 e. The number of nitrogens with zero attached hydrogens (tertiary/aromatic N) is 2. The first-order chi connectivity index (χ1) is 9.93. The summed E-state index contributed by atoms with van der Waals surface area (Å²) < 4.78 is 10.5. The molecule has 2 N–H and O–H groups in total. The largest absolute Gasteiger partial charge is 0.465 e. The van der Waals surface area contributed by atoms with Crippen molar-refractivity contribution in [3.8, 4) is 0 Å². The van der Waals surface area contributed by atoms with Crippen molar-refractivity contribution in [2.45, 2.75) is 45.1 Å². The number of anilines is 1. The van der Waals surface area contributed by atoms with Crippen molar-refractivity contribution < 1.29 is 14.3 Å². The third kappa shape index (κ3) is 2.85. The van der Waals surface area contributed by atoms with Gasteiger partial charge in [-0.3, -0.25) is 0 Å². The predicted molar refractivity (Wildman–Crippen MR) is 78.8 cm³/mol. The van der Waals surface area contributed by atoms with Gasteiger partial charge in [0.05, 0.1) is 12.8 Å². The van der Waals surface area contributed by atoms with Gasteiger partial charge in [-0.25, -0.2) is 14.8 Å². The van der Waals surface area contributed by atoms with Gasteiger partial charge in [0.1, 0.15) is 17.0 Å². The Labute approximate surface area is 125 Å². The zero-order valence-corrected chi connectivity index (χ0v) is 13.1. The molecule has 1 aliphatic carbocycles. The molecule has 1 saturated carbocycles. The van der Waals surface area contributed by atoms with Gasteiger partial charge in [-0.2, -0.15) is 0 Å². The number of carbonyl (C=O) groups is 1. The Kier molecular flexibility index (Phi) is 4.46. The highest BCUT2D eigenvalue weighted by Crippen LogP contribution is 2.41. The van der Waals surface area contributed by atoms with Crippen molar-refractivity contribution in [1.29, 1.82) is 0 Å². The molecular weight excluding hydrogens is 270 g/mol. The molecule has 6 heteroatoms. The van der Waals surface area contributed by atoms with Gasteiger partial charge in [0.15, 0.2) is 5.82 Å². The third-order valence-electron chi connectivity index (χ3n) is 4.26. The zero-order valence-electron chi connectivity index (χ0n) is 13.1. The number of esters is 1. The Balaban J connectivity index is 2.46. The minimum atomic E-state index is -0.514. The van der Waals surface area contributed by atoms with E-state index in [-0.39, 0.29) is 11.4 Å². The number of nitrogen functional groups attached to an aromatic ring is 1. The molecule has 1 aromatic rings. The van der Waals surface area contributed by atoms with Crippen molar-refractivity contribution >= 4 is 11.8 Å². The van der Waals surface area contributed by atoms with Crippen molar-refractivity contribution in [3.63, 3.8) is 0 Å². The summed E-state index contributed by atoms with van der Waals surface area (Å²) in [6.07, 6.45) is 3.97. The molecule has 0 amide bonds. The number of ether oxygens (including phenoxy) is 2. The van der Waals surface area contributed by atoms with Crippen molar-refractivity contribution in [2.24, 2.45) is 5.92 Å². The number of aromatic nitrogens is 2. The van der Waals surface area contributed by atoms with E-state index in [9.17, 15) is 4.79 Å². The molecule has 1 fully saturated rings. The molecule has 6 nitrogen and oxygen atoms in total. The molecule has 1 heterocycles. The highest BCUT2D eigenvalue weighted by molar-refractivity contribution is 5.95. The average Bonchev–Trinajstić information content (AvgIpc) is 2.46. The molecule has 1 aliphatic rings. The quantitative estimate of drug-likeness (QED) is 0.860. The first-order valence-corrected chi connectivity index (χ1v) is 7.21. The lowest BCUT2D eigenvalue weighted by atomic mass is 9.78. The Bertz CT molecular complexity index is 524. The van der Waals surface area contributed by atoms with E-state index in [1.165, 1.54) is 13.5 Å². The van der Waals surface area contributed by atoms with Crippen LogP contribution in [0.5, 0.6) is 0 Å². The second-order valence-corrected chi connectivity index (χ2v) is 5.78. The van der Waals surface area contributed by atoms with E-state index >= 15 is 0 Å². The summed E-state index contributed by atoms with van der Waals surface area (Å²) in [5, 5.41) is 0. The Morgan fingerprint density at radius 3 is 2.62 bits per heavy atom. The maximum Gasteiger partial charge on any atom is 0.343 e. The van der Waals surface area contributed by atoms with E-state index < -0.39 is 11.6 Å². The van der Waals surface area contributed by atoms with Gasteiger partial charge in [-0.1, -0.05) is 13.3 Å². The molecule has 116 valence electrons. The van der Waals surface area contributed by atoms with Crippen LogP contribution in [0.1, 0.15) is 54.5 Å².